The number of aliphatic carboxylic acids is 1. The Labute approximate surface area is 113 Å². The first kappa shape index (κ1) is 17.4. The molecule has 1 atom stereocenters. The van der Waals surface area contributed by atoms with Crippen molar-refractivity contribution in [2.45, 2.75) is 58.9 Å². The molecule has 6 nitrogen and oxygen atoms in total. The molecule has 1 unspecified atom stereocenters. The predicted molar refractivity (Wildman–Crippen MR) is 71.7 cm³/mol. The maximum atomic E-state index is 11.4. The number of rotatable bonds is 8. The number of carboxylic acids is 1. The van der Waals surface area contributed by atoms with Gasteiger partial charge in [-0.3, -0.25) is 14.9 Å². The smallest absolute Gasteiger partial charge is 0.321 e. The van der Waals surface area contributed by atoms with Crippen LogP contribution in [-0.4, -0.2) is 29.1 Å². The zero-order chi connectivity index (χ0) is 14.8. The molecule has 0 rings (SSSR count). The summed E-state index contributed by atoms with van der Waals surface area (Å²) >= 11 is 0. The van der Waals surface area contributed by atoms with Gasteiger partial charge in [-0.25, -0.2) is 4.79 Å². The highest BCUT2D eigenvalue weighted by molar-refractivity contribution is 5.94. The fourth-order valence-electron chi connectivity index (χ4n) is 1.50. The van der Waals surface area contributed by atoms with Gasteiger partial charge in [-0.05, 0) is 32.1 Å². The lowest BCUT2D eigenvalue weighted by molar-refractivity contribution is -0.137. The minimum Gasteiger partial charge on any atom is -0.481 e. The van der Waals surface area contributed by atoms with Crippen molar-refractivity contribution in [2.75, 3.05) is 0 Å². The number of hydrogen-bond acceptors (Lipinski definition) is 3. The molecular formula is C13H24N2O4. The molecule has 110 valence electrons. The standard InChI is InChI=1S/C13H24N2O4/c1-9(2)7-8-10(3)14-13(19)15-11(16)5-4-6-12(17)18/h9-10H,4-8H2,1-3H3,(H,17,18)(H2,14,15,16,19). The number of carbonyl (C=O) groups is 3. The van der Waals surface area contributed by atoms with Crippen molar-refractivity contribution in [3.05, 3.63) is 0 Å². The molecule has 0 spiro atoms. The lowest BCUT2D eigenvalue weighted by Crippen LogP contribution is -2.43. The Kier molecular flexibility index (Phi) is 8.57. The zero-order valence-electron chi connectivity index (χ0n) is 11.9. The van der Waals surface area contributed by atoms with E-state index in [-0.39, 0.29) is 25.3 Å². The molecule has 6 heteroatoms. The van der Waals surface area contributed by atoms with Crippen LogP contribution >= 0.6 is 0 Å². The number of imide groups is 1. The van der Waals surface area contributed by atoms with Gasteiger partial charge in [-0.15, -0.1) is 0 Å². The van der Waals surface area contributed by atoms with Gasteiger partial charge in [0.25, 0.3) is 0 Å². The minimum absolute atomic E-state index is 0.00854. The van der Waals surface area contributed by atoms with Crippen molar-refractivity contribution < 1.29 is 19.5 Å². The van der Waals surface area contributed by atoms with Crippen LogP contribution in [0.5, 0.6) is 0 Å². The van der Waals surface area contributed by atoms with E-state index < -0.39 is 17.9 Å². The second-order valence-electron chi connectivity index (χ2n) is 5.14. The Morgan fingerprint density at radius 1 is 1.05 bits per heavy atom. The van der Waals surface area contributed by atoms with Crippen molar-refractivity contribution in [1.82, 2.24) is 10.6 Å². The van der Waals surface area contributed by atoms with Gasteiger partial charge >= 0.3 is 12.0 Å². The van der Waals surface area contributed by atoms with Gasteiger partial charge in [-0.2, -0.15) is 0 Å². The summed E-state index contributed by atoms with van der Waals surface area (Å²) in [6, 6.07) is -0.509. The second-order valence-corrected chi connectivity index (χ2v) is 5.14. The van der Waals surface area contributed by atoms with E-state index in [1.165, 1.54) is 0 Å². The van der Waals surface area contributed by atoms with Crippen molar-refractivity contribution in [1.29, 1.82) is 0 Å². The first-order valence-electron chi connectivity index (χ1n) is 6.63. The second kappa shape index (κ2) is 9.35. The highest BCUT2D eigenvalue weighted by Gasteiger charge is 2.11. The SMILES string of the molecule is CC(C)CCC(C)NC(=O)NC(=O)CCCC(=O)O. The van der Waals surface area contributed by atoms with E-state index in [2.05, 4.69) is 24.5 Å². The molecule has 0 aliphatic heterocycles. The first-order chi connectivity index (χ1) is 8.81. The van der Waals surface area contributed by atoms with E-state index >= 15 is 0 Å². The molecule has 0 heterocycles. The van der Waals surface area contributed by atoms with Crippen molar-refractivity contribution >= 4 is 17.9 Å². The molecule has 0 bridgehead atoms. The summed E-state index contributed by atoms with van der Waals surface area (Å²) in [6.07, 6.45) is 2.07. The summed E-state index contributed by atoms with van der Waals surface area (Å²) in [5, 5.41) is 13.3. The van der Waals surface area contributed by atoms with Crippen LogP contribution in [0.3, 0.4) is 0 Å². The molecule has 0 aliphatic rings. The minimum atomic E-state index is -0.945. The Balaban J connectivity index is 3.77. The topological polar surface area (TPSA) is 95.5 Å². The number of urea groups is 1. The number of amides is 3. The molecule has 0 fully saturated rings. The van der Waals surface area contributed by atoms with Gasteiger partial charge in [0.15, 0.2) is 0 Å². The van der Waals surface area contributed by atoms with Crippen LogP contribution in [0.1, 0.15) is 52.9 Å². The predicted octanol–water partition coefficient (Wildman–Crippen LogP) is 1.89. The first-order valence-corrected chi connectivity index (χ1v) is 6.63. The average Bonchev–Trinajstić information content (AvgIpc) is 2.25. The van der Waals surface area contributed by atoms with E-state index in [1.54, 1.807) is 0 Å². The third-order valence-corrected chi connectivity index (χ3v) is 2.60. The highest BCUT2D eigenvalue weighted by Crippen LogP contribution is 2.06. The van der Waals surface area contributed by atoms with E-state index in [0.717, 1.165) is 12.8 Å². The Bertz CT molecular complexity index is 316. The van der Waals surface area contributed by atoms with Gasteiger partial charge in [0, 0.05) is 18.9 Å². The normalized spacial score (nSPS) is 12.0. The molecule has 0 radical (unpaired) electrons. The van der Waals surface area contributed by atoms with Crippen LogP contribution in [-0.2, 0) is 9.59 Å². The van der Waals surface area contributed by atoms with E-state index in [0.29, 0.717) is 5.92 Å². The quantitative estimate of drug-likeness (QED) is 0.628. The Morgan fingerprint density at radius 3 is 2.21 bits per heavy atom. The molecule has 0 aromatic rings. The van der Waals surface area contributed by atoms with Crippen molar-refractivity contribution in [3.8, 4) is 0 Å². The highest BCUT2D eigenvalue weighted by atomic mass is 16.4. The number of hydrogen-bond donors (Lipinski definition) is 3. The number of carboxylic acid groups (broad SMARTS) is 1. The summed E-state index contributed by atoms with van der Waals surface area (Å²) in [6.45, 7) is 6.11. The molecule has 19 heavy (non-hydrogen) atoms. The summed E-state index contributed by atoms with van der Waals surface area (Å²) in [4.78, 5) is 33.0. The molecule has 3 N–H and O–H groups in total. The molecule has 3 amide bonds. The van der Waals surface area contributed by atoms with E-state index in [9.17, 15) is 14.4 Å². The Hall–Kier alpha value is -1.59. The van der Waals surface area contributed by atoms with Gasteiger partial charge in [0.1, 0.15) is 0 Å². The molecule has 0 saturated heterocycles. The third kappa shape index (κ3) is 11.2. The van der Waals surface area contributed by atoms with Gasteiger partial charge in [-0.1, -0.05) is 13.8 Å². The number of carbonyl (C=O) groups excluding carboxylic acids is 2. The summed E-state index contributed by atoms with van der Waals surface area (Å²) in [5.74, 6) is -0.820. The fourth-order valence-corrected chi connectivity index (χ4v) is 1.50. The van der Waals surface area contributed by atoms with Gasteiger partial charge in [0.05, 0.1) is 0 Å². The zero-order valence-corrected chi connectivity index (χ0v) is 11.9. The van der Waals surface area contributed by atoms with Crippen LogP contribution in [0.4, 0.5) is 4.79 Å². The lowest BCUT2D eigenvalue weighted by Gasteiger charge is -2.15. The van der Waals surface area contributed by atoms with Crippen molar-refractivity contribution in [3.63, 3.8) is 0 Å². The van der Waals surface area contributed by atoms with Gasteiger partial charge < -0.3 is 10.4 Å². The average molecular weight is 272 g/mol. The maximum Gasteiger partial charge on any atom is 0.321 e. The van der Waals surface area contributed by atoms with E-state index in [1.807, 2.05) is 6.92 Å². The molecular weight excluding hydrogens is 248 g/mol. The molecule has 0 aromatic heterocycles. The van der Waals surface area contributed by atoms with Crippen molar-refractivity contribution in [2.24, 2.45) is 5.92 Å². The summed E-state index contributed by atoms with van der Waals surface area (Å²) in [5.41, 5.74) is 0. The summed E-state index contributed by atoms with van der Waals surface area (Å²) in [7, 11) is 0. The van der Waals surface area contributed by atoms with E-state index in [4.69, 9.17) is 5.11 Å². The van der Waals surface area contributed by atoms with Crippen LogP contribution in [0.2, 0.25) is 0 Å². The monoisotopic (exact) mass is 272 g/mol. The number of nitrogens with one attached hydrogen (secondary N) is 2. The third-order valence-electron chi connectivity index (χ3n) is 2.60. The maximum absolute atomic E-state index is 11.4. The molecule has 0 aromatic carbocycles. The van der Waals surface area contributed by atoms with Crippen LogP contribution < -0.4 is 10.6 Å². The van der Waals surface area contributed by atoms with Crippen LogP contribution in [0.25, 0.3) is 0 Å². The van der Waals surface area contributed by atoms with Crippen LogP contribution in [0, 0.1) is 5.92 Å². The molecule has 0 saturated carbocycles. The lowest BCUT2D eigenvalue weighted by atomic mass is 10.0. The molecule has 0 aliphatic carbocycles. The van der Waals surface area contributed by atoms with Crippen LogP contribution in [0.15, 0.2) is 0 Å². The van der Waals surface area contributed by atoms with Gasteiger partial charge in [0.2, 0.25) is 5.91 Å². The Morgan fingerprint density at radius 2 is 1.68 bits per heavy atom. The summed E-state index contributed by atoms with van der Waals surface area (Å²) < 4.78 is 0. The largest absolute Gasteiger partial charge is 0.481 e. The fraction of sp³-hybridized carbons (Fsp3) is 0.769.